The van der Waals surface area contributed by atoms with Crippen molar-refractivity contribution in [2.45, 2.75) is 38.9 Å². The summed E-state index contributed by atoms with van der Waals surface area (Å²) < 4.78 is 2.07. The van der Waals surface area contributed by atoms with Crippen LogP contribution in [0.1, 0.15) is 30.3 Å². The van der Waals surface area contributed by atoms with E-state index in [9.17, 15) is 4.79 Å². The van der Waals surface area contributed by atoms with Gasteiger partial charge < -0.3 is 5.32 Å². The molecule has 0 bridgehead atoms. The van der Waals surface area contributed by atoms with Crippen LogP contribution in [0.4, 0.5) is 5.69 Å². The number of halogens is 2. The van der Waals surface area contributed by atoms with Crippen molar-refractivity contribution in [3.05, 3.63) is 44.1 Å². The molecule has 28 heavy (non-hydrogen) atoms. The smallest absolute Gasteiger partial charge is 0.234 e. The summed E-state index contributed by atoms with van der Waals surface area (Å²) in [6.45, 7) is 8.35. The molecule has 0 saturated heterocycles. The Labute approximate surface area is 182 Å². The third-order valence-corrected chi connectivity index (χ3v) is 7.04. The van der Waals surface area contributed by atoms with Gasteiger partial charge in [0.2, 0.25) is 5.91 Å². The first kappa shape index (κ1) is 21.2. The minimum atomic E-state index is -0.184. The van der Waals surface area contributed by atoms with Gasteiger partial charge in [-0.1, -0.05) is 41.0 Å². The van der Waals surface area contributed by atoms with Gasteiger partial charge in [0.05, 0.1) is 21.5 Å². The van der Waals surface area contributed by atoms with Gasteiger partial charge in [-0.05, 0) is 45.4 Å². The molecule has 1 N–H and O–H groups in total. The second-order valence-corrected chi connectivity index (χ2v) is 9.35. The van der Waals surface area contributed by atoms with Crippen LogP contribution in [0.3, 0.4) is 0 Å². The second kappa shape index (κ2) is 8.86. The number of benzene rings is 1. The summed E-state index contributed by atoms with van der Waals surface area (Å²) >= 11 is 15.2. The van der Waals surface area contributed by atoms with Crippen LogP contribution in [-0.2, 0) is 4.79 Å². The Balaban J connectivity index is 1.77. The SMILES string of the molecule is Cc1scc(-c2nnc(SCC(=O)Nc3cccc(Cl)c3Cl)n2C(C)C)c1C. The molecule has 3 aromatic rings. The third kappa shape index (κ3) is 4.38. The van der Waals surface area contributed by atoms with E-state index >= 15 is 0 Å². The van der Waals surface area contributed by atoms with E-state index in [2.05, 4.69) is 53.2 Å². The van der Waals surface area contributed by atoms with Gasteiger partial charge in [0.25, 0.3) is 0 Å². The lowest BCUT2D eigenvalue weighted by Crippen LogP contribution is -2.15. The highest BCUT2D eigenvalue weighted by Crippen LogP contribution is 2.34. The number of amides is 1. The standard InChI is InChI=1S/C19H20Cl2N4OS2/c1-10(2)25-18(13-8-27-12(4)11(13)3)23-24-19(25)28-9-16(26)22-15-7-5-6-14(20)17(15)21/h5-8,10H,9H2,1-4H3,(H,22,26). The minimum Gasteiger partial charge on any atom is -0.324 e. The molecule has 2 aromatic heterocycles. The van der Waals surface area contributed by atoms with E-state index in [1.54, 1.807) is 29.5 Å². The van der Waals surface area contributed by atoms with Crippen LogP contribution in [-0.4, -0.2) is 26.4 Å². The van der Waals surface area contributed by atoms with E-state index in [-0.39, 0.29) is 17.7 Å². The topological polar surface area (TPSA) is 59.8 Å². The average Bonchev–Trinajstić information content (AvgIpc) is 3.21. The number of thioether (sulfide) groups is 1. The molecular formula is C19H20Cl2N4OS2. The largest absolute Gasteiger partial charge is 0.324 e. The highest BCUT2D eigenvalue weighted by Gasteiger charge is 2.20. The number of aryl methyl sites for hydroxylation is 1. The molecule has 0 aliphatic heterocycles. The molecule has 1 aromatic carbocycles. The lowest BCUT2D eigenvalue weighted by atomic mass is 10.1. The number of thiophene rings is 1. The van der Waals surface area contributed by atoms with Crippen molar-refractivity contribution >= 4 is 57.9 Å². The summed E-state index contributed by atoms with van der Waals surface area (Å²) in [5, 5.41) is 15.1. The molecule has 9 heteroatoms. The van der Waals surface area contributed by atoms with Crippen molar-refractivity contribution in [3.63, 3.8) is 0 Å². The molecule has 5 nitrogen and oxygen atoms in total. The maximum absolute atomic E-state index is 12.4. The molecular weight excluding hydrogens is 435 g/mol. The first-order valence-electron chi connectivity index (χ1n) is 8.66. The summed E-state index contributed by atoms with van der Waals surface area (Å²) in [5.41, 5.74) is 2.80. The molecule has 0 fully saturated rings. The molecule has 1 amide bonds. The maximum atomic E-state index is 12.4. The predicted molar refractivity (Wildman–Crippen MR) is 119 cm³/mol. The quantitative estimate of drug-likeness (QED) is 0.447. The van der Waals surface area contributed by atoms with Crippen LogP contribution in [0.25, 0.3) is 11.4 Å². The summed E-state index contributed by atoms with van der Waals surface area (Å²) in [4.78, 5) is 13.6. The zero-order chi connectivity index (χ0) is 20.4. The molecule has 0 spiro atoms. The number of hydrogen-bond acceptors (Lipinski definition) is 5. The summed E-state index contributed by atoms with van der Waals surface area (Å²) in [7, 11) is 0. The van der Waals surface area contributed by atoms with E-state index in [0.717, 1.165) is 11.4 Å². The number of anilines is 1. The van der Waals surface area contributed by atoms with Crippen molar-refractivity contribution in [1.29, 1.82) is 0 Å². The minimum absolute atomic E-state index is 0.164. The lowest BCUT2D eigenvalue weighted by molar-refractivity contribution is -0.113. The van der Waals surface area contributed by atoms with Crippen molar-refractivity contribution in [2.75, 3.05) is 11.1 Å². The molecule has 0 atom stereocenters. The molecule has 3 rings (SSSR count). The molecule has 0 aliphatic rings. The molecule has 2 heterocycles. The second-order valence-electron chi connectivity index (χ2n) is 6.54. The Morgan fingerprint density at radius 3 is 2.68 bits per heavy atom. The van der Waals surface area contributed by atoms with Crippen molar-refractivity contribution < 1.29 is 4.79 Å². The predicted octanol–water partition coefficient (Wildman–Crippen LogP) is 6.24. The number of carbonyl (C=O) groups is 1. The van der Waals surface area contributed by atoms with Gasteiger partial charge in [-0.15, -0.1) is 21.5 Å². The van der Waals surface area contributed by atoms with E-state index < -0.39 is 0 Å². The number of carbonyl (C=O) groups excluding carboxylic acids is 1. The number of rotatable bonds is 6. The highest BCUT2D eigenvalue weighted by atomic mass is 35.5. The van der Waals surface area contributed by atoms with Crippen LogP contribution in [0.5, 0.6) is 0 Å². The Bertz CT molecular complexity index is 1010. The van der Waals surface area contributed by atoms with Crippen molar-refractivity contribution in [2.24, 2.45) is 0 Å². The van der Waals surface area contributed by atoms with Gasteiger partial charge in [-0.3, -0.25) is 9.36 Å². The fraction of sp³-hybridized carbons (Fsp3) is 0.316. The average molecular weight is 455 g/mol. The van der Waals surface area contributed by atoms with Crippen LogP contribution < -0.4 is 5.32 Å². The van der Waals surface area contributed by atoms with E-state index in [4.69, 9.17) is 23.2 Å². The Morgan fingerprint density at radius 1 is 1.29 bits per heavy atom. The van der Waals surface area contributed by atoms with E-state index in [1.807, 2.05) is 0 Å². The Kier molecular flexibility index (Phi) is 6.70. The van der Waals surface area contributed by atoms with Crippen LogP contribution in [0, 0.1) is 13.8 Å². The fourth-order valence-electron chi connectivity index (χ4n) is 2.68. The summed E-state index contributed by atoms with van der Waals surface area (Å²) in [6, 6.07) is 5.30. The normalized spacial score (nSPS) is 11.2. The van der Waals surface area contributed by atoms with Gasteiger partial charge in [0.1, 0.15) is 0 Å². The highest BCUT2D eigenvalue weighted by molar-refractivity contribution is 7.99. The Morgan fingerprint density at radius 2 is 2.04 bits per heavy atom. The van der Waals surface area contributed by atoms with E-state index in [0.29, 0.717) is 20.9 Å². The Hall–Kier alpha value is -1.54. The van der Waals surface area contributed by atoms with Gasteiger partial charge >= 0.3 is 0 Å². The van der Waals surface area contributed by atoms with Gasteiger partial charge in [-0.25, -0.2) is 0 Å². The third-order valence-electron chi connectivity index (χ3n) is 4.27. The number of hydrogen-bond donors (Lipinski definition) is 1. The number of aromatic nitrogens is 3. The number of nitrogens with one attached hydrogen (secondary N) is 1. The van der Waals surface area contributed by atoms with Crippen molar-refractivity contribution in [3.8, 4) is 11.4 Å². The van der Waals surface area contributed by atoms with Crippen molar-refractivity contribution in [1.82, 2.24) is 14.8 Å². The lowest BCUT2D eigenvalue weighted by Gasteiger charge is -2.14. The summed E-state index contributed by atoms with van der Waals surface area (Å²) in [5.74, 6) is 0.837. The molecule has 0 radical (unpaired) electrons. The zero-order valence-corrected chi connectivity index (χ0v) is 19.1. The van der Waals surface area contributed by atoms with Crippen LogP contribution in [0.2, 0.25) is 10.0 Å². The monoisotopic (exact) mass is 454 g/mol. The fourth-order valence-corrected chi connectivity index (χ4v) is 4.75. The number of nitrogens with zero attached hydrogens (tertiary/aromatic N) is 3. The van der Waals surface area contributed by atoms with Crippen LogP contribution in [0.15, 0.2) is 28.7 Å². The van der Waals surface area contributed by atoms with Gasteiger partial charge in [0, 0.05) is 21.9 Å². The maximum Gasteiger partial charge on any atom is 0.234 e. The first-order valence-corrected chi connectivity index (χ1v) is 11.3. The zero-order valence-electron chi connectivity index (χ0n) is 15.9. The van der Waals surface area contributed by atoms with Gasteiger partial charge in [-0.2, -0.15) is 0 Å². The van der Waals surface area contributed by atoms with Gasteiger partial charge in [0.15, 0.2) is 11.0 Å². The molecule has 148 valence electrons. The summed E-state index contributed by atoms with van der Waals surface area (Å²) in [6.07, 6.45) is 0. The molecule has 0 aliphatic carbocycles. The molecule has 0 saturated carbocycles. The van der Waals surface area contributed by atoms with E-state index in [1.165, 1.54) is 22.2 Å². The first-order chi connectivity index (χ1) is 13.3. The molecule has 0 unspecified atom stereocenters. The van der Waals surface area contributed by atoms with Crippen LogP contribution >= 0.6 is 46.3 Å².